The molecule has 2 aromatic heterocycles. The minimum atomic E-state index is -0.309. The van der Waals surface area contributed by atoms with E-state index in [1.807, 2.05) is 35.2 Å². The molecule has 1 atom stereocenters. The summed E-state index contributed by atoms with van der Waals surface area (Å²) in [4.78, 5) is 17.3. The smallest absolute Gasteiger partial charge is 0.247 e. The molecule has 1 aliphatic rings. The fourth-order valence-electron chi connectivity index (χ4n) is 5.11. The van der Waals surface area contributed by atoms with Crippen molar-refractivity contribution in [1.29, 1.82) is 0 Å². The van der Waals surface area contributed by atoms with Crippen molar-refractivity contribution in [2.75, 3.05) is 20.8 Å². The van der Waals surface area contributed by atoms with Crippen LogP contribution in [0.25, 0.3) is 33.6 Å². The highest BCUT2D eigenvalue weighted by Gasteiger charge is 2.30. The van der Waals surface area contributed by atoms with Crippen LogP contribution in [0, 0.1) is 0 Å². The molecule has 36 heavy (non-hydrogen) atoms. The van der Waals surface area contributed by atoms with Crippen molar-refractivity contribution in [3.8, 4) is 34.2 Å². The van der Waals surface area contributed by atoms with Gasteiger partial charge in [0.1, 0.15) is 0 Å². The first-order chi connectivity index (χ1) is 17.4. The van der Waals surface area contributed by atoms with Crippen molar-refractivity contribution in [3.05, 3.63) is 47.9 Å². The van der Waals surface area contributed by atoms with Crippen molar-refractivity contribution in [3.63, 3.8) is 0 Å². The number of fused-ring (bicyclic) bond motifs is 1. The molecule has 3 N–H and O–H groups in total. The first-order valence-corrected chi connectivity index (χ1v) is 12.1. The van der Waals surface area contributed by atoms with Gasteiger partial charge in [-0.1, -0.05) is 13.8 Å². The summed E-state index contributed by atoms with van der Waals surface area (Å²) in [5, 5.41) is 9.62. The molecule has 1 amide bonds. The Balaban J connectivity index is 1.49. The summed E-state index contributed by atoms with van der Waals surface area (Å²) in [6, 6.07) is 11.7. The van der Waals surface area contributed by atoms with E-state index in [9.17, 15) is 4.79 Å². The number of methoxy groups -OCH3 is 2. The van der Waals surface area contributed by atoms with Gasteiger partial charge in [0.25, 0.3) is 0 Å². The van der Waals surface area contributed by atoms with Crippen LogP contribution in [0.1, 0.15) is 44.1 Å². The quantitative estimate of drug-likeness (QED) is 0.375. The summed E-state index contributed by atoms with van der Waals surface area (Å²) in [5.41, 5.74) is 10.7. The third kappa shape index (κ3) is 4.30. The number of nitrogens with two attached hydrogens (primary N) is 1. The van der Waals surface area contributed by atoms with E-state index < -0.39 is 0 Å². The summed E-state index contributed by atoms with van der Waals surface area (Å²) in [6.07, 6.45) is 1.69. The van der Waals surface area contributed by atoms with Gasteiger partial charge in [0.15, 0.2) is 11.5 Å². The molecule has 0 bridgehead atoms. The van der Waals surface area contributed by atoms with Gasteiger partial charge in [-0.15, -0.1) is 10.2 Å². The third-order valence-electron chi connectivity index (χ3n) is 6.83. The molecule has 9 nitrogen and oxygen atoms in total. The fourth-order valence-corrected chi connectivity index (χ4v) is 5.11. The average molecular weight is 490 g/mol. The molecule has 2 aromatic carbocycles. The van der Waals surface area contributed by atoms with E-state index in [0.29, 0.717) is 29.8 Å². The van der Waals surface area contributed by atoms with E-state index >= 15 is 0 Å². The molecular formula is C27H31N5O4. The highest BCUT2D eigenvalue weighted by atomic mass is 16.5. The lowest BCUT2D eigenvalue weighted by molar-refractivity contribution is -0.122. The number of ether oxygens (including phenoxy) is 2. The Morgan fingerprint density at radius 2 is 1.92 bits per heavy atom. The van der Waals surface area contributed by atoms with Crippen molar-refractivity contribution in [2.45, 2.75) is 45.2 Å². The van der Waals surface area contributed by atoms with Gasteiger partial charge in [-0.25, -0.2) is 0 Å². The predicted molar refractivity (Wildman–Crippen MR) is 137 cm³/mol. The monoisotopic (exact) mass is 489 g/mol. The summed E-state index contributed by atoms with van der Waals surface area (Å²) >= 11 is 0. The number of amides is 1. The molecular weight excluding hydrogens is 458 g/mol. The van der Waals surface area contributed by atoms with Crippen LogP contribution in [0.15, 0.2) is 40.8 Å². The molecule has 1 aliphatic heterocycles. The van der Waals surface area contributed by atoms with Crippen LogP contribution in [0.3, 0.4) is 0 Å². The summed E-state index contributed by atoms with van der Waals surface area (Å²) in [5.74, 6) is 2.24. The van der Waals surface area contributed by atoms with Crippen LogP contribution in [0.4, 0.5) is 0 Å². The summed E-state index contributed by atoms with van der Waals surface area (Å²) < 4.78 is 16.9. The SMILES string of the molecule is COc1ccc(-c2[nH]c3ccc(-c4nnc(CN5CCC[C@H]5C(N)=O)o4)cc3c2C(C)C)cc1OC. The lowest BCUT2D eigenvalue weighted by Crippen LogP contribution is -2.39. The minimum absolute atomic E-state index is 0.260. The summed E-state index contributed by atoms with van der Waals surface area (Å²) in [6.45, 7) is 5.55. The van der Waals surface area contributed by atoms with Gasteiger partial charge in [-0.2, -0.15) is 0 Å². The van der Waals surface area contributed by atoms with E-state index in [0.717, 1.165) is 47.1 Å². The van der Waals surface area contributed by atoms with Crippen molar-refractivity contribution < 1.29 is 18.7 Å². The maximum absolute atomic E-state index is 11.7. The Morgan fingerprint density at radius 1 is 1.14 bits per heavy atom. The molecule has 9 heteroatoms. The zero-order valence-corrected chi connectivity index (χ0v) is 21.0. The number of carbonyl (C=O) groups is 1. The zero-order valence-electron chi connectivity index (χ0n) is 21.0. The van der Waals surface area contributed by atoms with Gasteiger partial charge in [0, 0.05) is 22.0 Å². The van der Waals surface area contributed by atoms with Crippen molar-refractivity contribution in [1.82, 2.24) is 20.1 Å². The first kappa shape index (κ1) is 23.9. The number of nitrogens with one attached hydrogen (secondary N) is 1. The number of rotatable bonds is 8. The normalized spacial score (nSPS) is 16.2. The van der Waals surface area contributed by atoms with E-state index in [2.05, 4.69) is 35.1 Å². The van der Waals surface area contributed by atoms with Crippen LogP contribution >= 0.6 is 0 Å². The van der Waals surface area contributed by atoms with Crippen LogP contribution in [0.5, 0.6) is 11.5 Å². The van der Waals surface area contributed by atoms with E-state index in [-0.39, 0.29) is 17.9 Å². The van der Waals surface area contributed by atoms with Crippen molar-refractivity contribution in [2.24, 2.45) is 5.73 Å². The highest BCUT2D eigenvalue weighted by molar-refractivity contribution is 5.94. The van der Waals surface area contributed by atoms with Gasteiger partial charge < -0.3 is 24.6 Å². The second-order valence-corrected chi connectivity index (χ2v) is 9.43. The Kier molecular flexibility index (Phi) is 6.40. The Hall–Kier alpha value is -3.85. The Morgan fingerprint density at radius 3 is 2.64 bits per heavy atom. The molecule has 0 unspecified atom stereocenters. The van der Waals surface area contributed by atoms with E-state index in [4.69, 9.17) is 19.6 Å². The van der Waals surface area contributed by atoms with Crippen molar-refractivity contribution >= 4 is 16.8 Å². The van der Waals surface area contributed by atoms with Gasteiger partial charge in [-0.3, -0.25) is 9.69 Å². The lowest BCUT2D eigenvalue weighted by atomic mass is 9.95. The maximum Gasteiger partial charge on any atom is 0.247 e. The molecule has 188 valence electrons. The van der Waals surface area contributed by atoms with Crippen LogP contribution in [-0.2, 0) is 11.3 Å². The fraction of sp³-hybridized carbons (Fsp3) is 0.370. The lowest BCUT2D eigenvalue weighted by Gasteiger charge is -2.19. The first-order valence-electron chi connectivity index (χ1n) is 12.1. The molecule has 0 spiro atoms. The molecule has 5 rings (SSSR count). The molecule has 0 aliphatic carbocycles. The molecule has 1 saturated heterocycles. The number of likely N-dealkylation sites (tertiary alicyclic amines) is 1. The predicted octanol–water partition coefficient (Wildman–Crippen LogP) is 4.48. The Bertz CT molecular complexity index is 1410. The molecule has 4 aromatic rings. The van der Waals surface area contributed by atoms with E-state index in [1.54, 1.807) is 14.2 Å². The van der Waals surface area contributed by atoms with Crippen LogP contribution in [0.2, 0.25) is 0 Å². The van der Waals surface area contributed by atoms with Gasteiger partial charge in [0.05, 0.1) is 32.5 Å². The molecule has 0 saturated carbocycles. The van der Waals surface area contributed by atoms with Gasteiger partial charge in [0.2, 0.25) is 17.7 Å². The number of aromatic nitrogens is 3. The second kappa shape index (κ2) is 9.66. The van der Waals surface area contributed by atoms with E-state index in [1.165, 1.54) is 5.56 Å². The topological polar surface area (TPSA) is 120 Å². The number of nitrogens with zero attached hydrogens (tertiary/aromatic N) is 3. The average Bonchev–Trinajstić information content (AvgIpc) is 3.61. The number of benzene rings is 2. The van der Waals surface area contributed by atoms with Crippen LogP contribution in [-0.4, -0.2) is 52.8 Å². The number of primary amides is 1. The third-order valence-corrected chi connectivity index (χ3v) is 6.83. The van der Waals surface area contributed by atoms with Gasteiger partial charge in [-0.05, 0) is 67.3 Å². The highest BCUT2D eigenvalue weighted by Crippen LogP contribution is 2.40. The zero-order chi connectivity index (χ0) is 25.4. The molecule has 1 fully saturated rings. The number of hydrogen-bond acceptors (Lipinski definition) is 7. The Labute approximate surface area is 209 Å². The maximum atomic E-state index is 11.7. The minimum Gasteiger partial charge on any atom is -0.493 e. The standard InChI is InChI=1S/C27H31N5O4/c1-15(2)24-18-12-17(27-31-30-23(36-27)14-32-11-5-6-20(32)26(28)33)7-9-19(18)29-25(24)16-8-10-21(34-3)22(13-16)35-4/h7-10,12-13,15,20,29H,5-6,11,14H2,1-4H3,(H2,28,33)/t20-/m0/s1. The number of hydrogen-bond donors (Lipinski definition) is 2. The number of aromatic amines is 1. The van der Waals surface area contributed by atoms with Crippen LogP contribution < -0.4 is 15.2 Å². The molecule has 3 heterocycles. The molecule has 0 radical (unpaired) electrons. The number of carbonyl (C=O) groups excluding carboxylic acids is 1. The largest absolute Gasteiger partial charge is 0.493 e. The number of H-pyrrole nitrogens is 1. The van der Waals surface area contributed by atoms with Gasteiger partial charge >= 0.3 is 0 Å². The summed E-state index contributed by atoms with van der Waals surface area (Å²) in [7, 11) is 3.27. The second-order valence-electron chi connectivity index (χ2n) is 9.43.